The van der Waals surface area contributed by atoms with Crippen LogP contribution in [0.2, 0.25) is 0 Å². The molecular formula is C15H25N3. The lowest BCUT2D eigenvalue weighted by Gasteiger charge is -2.27. The van der Waals surface area contributed by atoms with Crippen molar-refractivity contribution in [2.24, 2.45) is 11.8 Å². The highest BCUT2D eigenvalue weighted by Gasteiger charge is 2.20. The first-order chi connectivity index (χ1) is 8.69. The Hall–Kier alpha value is -1.12. The molecule has 0 unspecified atom stereocenters. The monoisotopic (exact) mass is 247 g/mol. The zero-order valence-corrected chi connectivity index (χ0v) is 11.9. The van der Waals surface area contributed by atoms with Crippen molar-refractivity contribution >= 4 is 5.82 Å². The second-order valence-corrected chi connectivity index (χ2v) is 5.76. The van der Waals surface area contributed by atoms with Gasteiger partial charge in [0.05, 0.1) is 0 Å². The van der Waals surface area contributed by atoms with Crippen LogP contribution in [0.25, 0.3) is 0 Å². The van der Waals surface area contributed by atoms with Crippen LogP contribution in [0, 0.1) is 11.8 Å². The molecule has 0 saturated heterocycles. The van der Waals surface area contributed by atoms with Gasteiger partial charge in [-0.3, -0.25) is 0 Å². The summed E-state index contributed by atoms with van der Waals surface area (Å²) in [7, 11) is 4.05. The molecule has 100 valence electrons. The van der Waals surface area contributed by atoms with E-state index >= 15 is 0 Å². The maximum absolute atomic E-state index is 4.42. The highest BCUT2D eigenvalue weighted by molar-refractivity contribution is 5.36. The summed E-state index contributed by atoms with van der Waals surface area (Å²) in [6.07, 6.45) is 9.74. The van der Waals surface area contributed by atoms with Gasteiger partial charge in [-0.05, 0) is 31.1 Å². The van der Waals surface area contributed by atoms with E-state index in [0.29, 0.717) is 0 Å². The number of hydrogen-bond acceptors (Lipinski definition) is 3. The molecule has 0 spiro atoms. The van der Waals surface area contributed by atoms with Crippen LogP contribution in [0.3, 0.4) is 0 Å². The summed E-state index contributed by atoms with van der Waals surface area (Å²) in [5, 5.41) is 0. The average molecular weight is 247 g/mol. The van der Waals surface area contributed by atoms with E-state index in [0.717, 1.165) is 24.1 Å². The third-order valence-electron chi connectivity index (χ3n) is 4.21. The molecule has 0 aromatic carbocycles. The first-order valence-corrected chi connectivity index (χ1v) is 7.17. The topological polar surface area (TPSA) is 29.0 Å². The van der Waals surface area contributed by atoms with Crippen molar-refractivity contribution in [2.45, 2.75) is 45.4 Å². The van der Waals surface area contributed by atoms with Crippen LogP contribution in [0.1, 0.15) is 44.7 Å². The Balaban J connectivity index is 1.92. The normalized spacial score (nSPS) is 23.9. The molecule has 1 aromatic heterocycles. The van der Waals surface area contributed by atoms with Crippen LogP contribution < -0.4 is 4.90 Å². The molecule has 1 aliphatic carbocycles. The lowest BCUT2D eigenvalue weighted by atomic mass is 9.79. The van der Waals surface area contributed by atoms with Gasteiger partial charge >= 0.3 is 0 Å². The lowest BCUT2D eigenvalue weighted by molar-refractivity contribution is 0.267. The van der Waals surface area contributed by atoms with Crippen LogP contribution in [0.4, 0.5) is 5.82 Å². The first kappa shape index (κ1) is 13.3. The van der Waals surface area contributed by atoms with E-state index < -0.39 is 0 Å². The molecule has 1 aromatic rings. The van der Waals surface area contributed by atoms with E-state index in [1.807, 2.05) is 19.0 Å². The summed E-state index contributed by atoms with van der Waals surface area (Å²) in [6, 6.07) is 2.13. The van der Waals surface area contributed by atoms with Gasteiger partial charge in [0.25, 0.3) is 0 Å². The third kappa shape index (κ3) is 3.44. The Kier molecular flexibility index (Phi) is 4.56. The van der Waals surface area contributed by atoms with Crippen molar-refractivity contribution in [1.29, 1.82) is 0 Å². The third-order valence-corrected chi connectivity index (χ3v) is 4.21. The minimum Gasteiger partial charge on any atom is -0.363 e. The van der Waals surface area contributed by atoms with E-state index in [2.05, 4.69) is 23.0 Å². The molecule has 0 radical (unpaired) electrons. The van der Waals surface area contributed by atoms with Crippen molar-refractivity contribution < 1.29 is 0 Å². The van der Waals surface area contributed by atoms with E-state index in [9.17, 15) is 0 Å². The minimum atomic E-state index is 0.831. The summed E-state index contributed by atoms with van der Waals surface area (Å²) in [6.45, 7) is 2.32. The summed E-state index contributed by atoms with van der Waals surface area (Å²) in [4.78, 5) is 10.7. The SMILES string of the molecule is CCC1CCC(Cc2cc(N(C)C)ncn2)CC1. The molecule has 0 aliphatic heterocycles. The zero-order chi connectivity index (χ0) is 13.0. The first-order valence-electron chi connectivity index (χ1n) is 7.17. The molecule has 0 bridgehead atoms. The number of hydrogen-bond donors (Lipinski definition) is 0. The van der Waals surface area contributed by atoms with Crippen molar-refractivity contribution in [3.63, 3.8) is 0 Å². The van der Waals surface area contributed by atoms with Crippen molar-refractivity contribution in [2.75, 3.05) is 19.0 Å². The molecule has 1 fully saturated rings. The van der Waals surface area contributed by atoms with Gasteiger partial charge < -0.3 is 4.90 Å². The van der Waals surface area contributed by atoms with Crippen LogP contribution in [0.15, 0.2) is 12.4 Å². The number of rotatable bonds is 4. The summed E-state index contributed by atoms with van der Waals surface area (Å²) < 4.78 is 0. The van der Waals surface area contributed by atoms with Crippen molar-refractivity contribution in [1.82, 2.24) is 9.97 Å². The minimum absolute atomic E-state index is 0.831. The molecule has 3 heteroatoms. The smallest absolute Gasteiger partial charge is 0.131 e. The fourth-order valence-electron chi connectivity index (χ4n) is 2.88. The Morgan fingerprint density at radius 3 is 2.39 bits per heavy atom. The predicted molar refractivity (Wildman–Crippen MR) is 75.8 cm³/mol. The zero-order valence-electron chi connectivity index (χ0n) is 11.9. The molecule has 1 saturated carbocycles. The quantitative estimate of drug-likeness (QED) is 0.817. The van der Waals surface area contributed by atoms with Gasteiger partial charge in [0.2, 0.25) is 0 Å². The fraction of sp³-hybridized carbons (Fsp3) is 0.733. The van der Waals surface area contributed by atoms with Gasteiger partial charge in [-0.25, -0.2) is 9.97 Å². The number of aromatic nitrogens is 2. The summed E-state index contributed by atoms with van der Waals surface area (Å²) in [5.74, 6) is 2.82. The van der Waals surface area contributed by atoms with Crippen molar-refractivity contribution in [3.05, 3.63) is 18.1 Å². The molecule has 0 N–H and O–H groups in total. The molecule has 2 rings (SSSR count). The molecule has 1 heterocycles. The predicted octanol–water partition coefficient (Wildman–Crippen LogP) is 3.30. The summed E-state index contributed by atoms with van der Waals surface area (Å²) >= 11 is 0. The fourth-order valence-corrected chi connectivity index (χ4v) is 2.88. The molecule has 18 heavy (non-hydrogen) atoms. The highest BCUT2D eigenvalue weighted by atomic mass is 15.1. The second-order valence-electron chi connectivity index (χ2n) is 5.76. The second kappa shape index (κ2) is 6.17. The Bertz CT molecular complexity index is 368. The van der Waals surface area contributed by atoms with Crippen molar-refractivity contribution in [3.8, 4) is 0 Å². The van der Waals surface area contributed by atoms with Crippen LogP contribution in [-0.4, -0.2) is 24.1 Å². The van der Waals surface area contributed by atoms with E-state index in [1.54, 1.807) is 6.33 Å². The van der Waals surface area contributed by atoms with E-state index in [-0.39, 0.29) is 0 Å². The number of nitrogens with zero attached hydrogens (tertiary/aromatic N) is 3. The van der Waals surface area contributed by atoms with E-state index in [1.165, 1.54) is 37.8 Å². The van der Waals surface area contributed by atoms with Gasteiger partial charge in [0.15, 0.2) is 0 Å². The molecule has 0 amide bonds. The highest BCUT2D eigenvalue weighted by Crippen LogP contribution is 2.32. The lowest BCUT2D eigenvalue weighted by Crippen LogP contribution is -2.17. The molecule has 1 aliphatic rings. The maximum atomic E-state index is 4.42. The van der Waals surface area contributed by atoms with Gasteiger partial charge in [0.1, 0.15) is 12.1 Å². The van der Waals surface area contributed by atoms with Crippen LogP contribution in [0.5, 0.6) is 0 Å². The van der Waals surface area contributed by atoms with Gasteiger partial charge in [-0.1, -0.05) is 26.2 Å². The number of anilines is 1. The standard InChI is InChI=1S/C15H25N3/c1-4-12-5-7-13(8-6-12)9-14-10-15(18(2)3)17-11-16-14/h10-13H,4-9H2,1-3H3. The largest absolute Gasteiger partial charge is 0.363 e. The maximum Gasteiger partial charge on any atom is 0.131 e. The molecular weight excluding hydrogens is 222 g/mol. The Morgan fingerprint density at radius 1 is 1.11 bits per heavy atom. The van der Waals surface area contributed by atoms with E-state index in [4.69, 9.17) is 0 Å². The van der Waals surface area contributed by atoms with Crippen LogP contribution in [-0.2, 0) is 6.42 Å². The molecule has 3 nitrogen and oxygen atoms in total. The van der Waals surface area contributed by atoms with Crippen LogP contribution >= 0.6 is 0 Å². The van der Waals surface area contributed by atoms with Gasteiger partial charge in [0, 0.05) is 25.9 Å². The van der Waals surface area contributed by atoms with Gasteiger partial charge in [-0.15, -0.1) is 0 Å². The summed E-state index contributed by atoms with van der Waals surface area (Å²) in [5.41, 5.74) is 1.20. The average Bonchev–Trinajstić information content (AvgIpc) is 2.40. The Morgan fingerprint density at radius 2 is 1.78 bits per heavy atom. The Labute approximate surface area is 111 Å². The molecule has 0 atom stereocenters. The van der Waals surface area contributed by atoms with Gasteiger partial charge in [-0.2, -0.15) is 0 Å².